The van der Waals surface area contributed by atoms with E-state index in [1.54, 1.807) is 25.4 Å². The molecule has 0 aliphatic heterocycles. The molecule has 1 amide bonds. The highest BCUT2D eigenvalue weighted by Crippen LogP contribution is 2.10. The van der Waals surface area contributed by atoms with Crippen molar-refractivity contribution in [1.29, 1.82) is 0 Å². The fraction of sp³-hybridized carbons (Fsp3) is 0.316. The standard InChI is InChI=1S/C19H25N5O2/c1-15-5-7-17(8-6-15)26-13-12-24-19(20-2)23-11-10-22-18(25)16-4-3-9-21-14-16/h3-9,14H,10-13H2,1-2H3,(H,22,25)(H2,20,23,24). The van der Waals surface area contributed by atoms with Gasteiger partial charge in [0.25, 0.3) is 5.91 Å². The molecule has 7 nitrogen and oxygen atoms in total. The third-order valence-corrected chi connectivity index (χ3v) is 3.53. The van der Waals surface area contributed by atoms with Gasteiger partial charge in [0, 0.05) is 32.5 Å². The van der Waals surface area contributed by atoms with Crippen LogP contribution in [0.2, 0.25) is 0 Å². The van der Waals surface area contributed by atoms with E-state index >= 15 is 0 Å². The first-order chi connectivity index (χ1) is 12.7. The van der Waals surface area contributed by atoms with Crippen LogP contribution in [-0.2, 0) is 0 Å². The van der Waals surface area contributed by atoms with Crippen LogP contribution in [0.3, 0.4) is 0 Å². The predicted octanol–water partition coefficient (Wildman–Crippen LogP) is 1.36. The molecule has 2 rings (SSSR count). The summed E-state index contributed by atoms with van der Waals surface area (Å²) in [6, 6.07) is 11.4. The molecule has 0 fully saturated rings. The van der Waals surface area contributed by atoms with E-state index in [-0.39, 0.29) is 5.91 Å². The Morgan fingerprint density at radius 1 is 1.08 bits per heavy atom. The molecular formula is C19H25N5O2. The molecule has 1 aromatic heterocycles. The fourth-order valence-electron chi connectivity index (χ4n) is 2.15. The molecule has 0 bridgehead atoms. The molecular weight excluding hydrogens is 330 g/mol. The molecule has 0 radical (unpaired) electrons. The van der Waals surface area contributed by atoms with E-state index in [1.807, 2.05) is 31.2 Å². The molecule has 0 saturated carbocycles. The molecule has 0 saturated heterocycles. The second kappa shape index (κ2) is 10.7. The number of aryl methyl sites for hydroxylation is 1. The highest BCUT2D eigenvalue weighted by molar-refractivity contribution is 5.93. The number of aliphatic imine (C=N–C) groups is 1. The molecule has 0 aliphatic carbocycles. The lowest BCUT2D eigenvalue weighted by Crippen LogP contribution is -2.42. The number of nitrogens with zero attached hydrogens (tertiary/aromatic N) is 2. The summed E-state index contributed by atoms with van der Waals surface area (Å²) < 4.78 is 5.65. The fourth-order valence-corrected chi connectivity index (χ4v) is 2.15. The maximum absolute atomic E-state index is 11.9. The summed E-state index contributed by atoms with van der Waals surface area (Å²) >= 11 is 0. The molecule has 1 aromatic carbocycles. The monoisotopic (exact) mass is 355 g/mol. The lowest BCUT2D eigenvalue weighted by Gasteiger charge is -2.13. The minimum absolute atomic E-state index is 0.144. The van der Waals surface area contributed by atoms with Crippen LogP contribution < -0.4 is 20.7 Å². The quantitative estimate of drug-likeness (QED) is 0.378. The molecule has 0 unspecified atom stereocenters. The van der Waals surface area contributed by atoms with Crippen molar-refractivity contribution in [3.63, 3.8) is 0 Å². The number of ether oxygens (including phenoxy) is 1. The van der Waals surface area contributed by atoms with Gasteiger partial charge < -0.3 is 20.7 Å². The Bertz CT molecular complexity index is 702. The first-order valence-electron chi connectivity index (χ1n) is 8.51. The second-order valence-corrected chi connectivity index (χ2v) is 5.58. The number of benzene rings is 1. The van der Waals surface area contributed by atoms with Crippen molar-refractivity contribution in [3.05, 3.63) is 59.9 Å². The average Bonchev–Trinajstić information content (AvgIpc) is 2.68. The first kappa shape index (κ1) is 19.2. The molecule has 2 aromatic rings. The van der Waals surface area contributed by atoms with Crippen LogP contribution in [0, 0.1) is 6.92 Å². The number of carbonyl (C=O) groups is 1. The van der Waals surface area contributed by atoms with E-state index in [0.29, 0.717) is 37.8 Å². The summed E-state index contributed by atoms with van der Waals surface area (Å²) in [5, 5.41) is 9.12. The lowest BCUT2D eigenvalue weighted by atomic mass is 10.2. The van der Waals surface area contributed by atoms with Crippen LogP contribution in [0.1, 0.15) is 15.9 Å². The summed E-state index contributed by atoms with van der Waals surface area (Å²) in [6.45, 7) is 4.23. The number of pyridine rings is 1. The summed E-state index contributed by atoms with van der Waals surface area (Å²) in [6.07, 6.45) is 3.17. The maximum atomic E-state index is 11.9. The number of aromatic nitrogens is 1. The van der Waals surface area contributed by atoms with Gasteiger partial charge in [0.15, 0.2) is 5.96 Å². The van der Waals surface area contributed by atoms with Crippen LogP contribution >= 0.6 is 0 Å². The highest BCUT2D eigenvalue weighted by Gasteiger charge is 2.04. The van der Waals surface area contributed by atoms with Crippen molar-refractivity contribution in [2.75, 3.05) is 33.3 Å². The number of amides is 1. The van der Waals surface area contributed by atoms with Crippen LogP contribution in [-0.4, -0.2) is 50.1 Å². The SMILES string of the molecule is CN=C(NCCNC(=O)c1cccnc1)NCCOc1ccc(C)cc1. The van der Waals surface area contributed by atoms with Crippen LogP contribution in [0.15, 0.2) is 53.8 Å². The van der Waals surface area contributed by atoms with Gasteiger partial charge in [-0.05, 0) is 31.2 Å². The zero-order valence-corrected chi connectivity index (χ0v) is 15.2. The summed E-state index contributed by atoms with van der Waals surface area (Å²) in [5.74, 6) is 1.36. The van der Waals surface area contributed by atoms with Crippen molar-refractivity contribution in [3.8, 4) is 5.75 Å². The Morgan fingerprint density at radius 2 is 1.81 bits per heavy atom. The first-order valence-corrected chi connectivity index (χ1v) is 8.51. The number of rotatable bonds is 8. The number of hydrogen-bond acceptors (Lipinski definition) is 4. The minimum Gasteiger partial charge on any atom is -0.492 e. The van der Waals surface area contributed by atoms with Gasteiger partial charge in [-0.15, -0.1) is 0 Å². The van der Waals surface area contributed by atoms with E-state index in [2.05, 4.69) is 25.9 Å². The highest BCUT2D eigenvalue weighted by atomic mass is 16.5. The Balaban J connectivity index is 1.59. The third-order valence-electron chi connectivity index (χ3n) is 3.53. The topological polar surface area (TPSA) is 87.6 Å². The van der Waals surface area contributed by atoms with E-state index < -0.39 is 0 Å². The van der Waals surface area contributed by atoms with Gasteiger partial charge in [0.1, 0.15) is 12.4 Å². The van der Waals surface area contributed by atoms with Gasteiger partial charge in [-0.3, -0.25) is 14.8 Å². The average molecular weight is 355 g/mol. The second-order valence-electron chi connectivity index (χ2n) is 5.58. The van der Waals surface area contributed by atoms with Crippen LogP contribution in [0.4, 0.5) is 0 Å². The van der Waals surface area contributed by atoms with Crippen molar-refractivity contribution in [1.82, 2.24) is 20.9 Å². The zero-order chi connectivity index (χ0) is 18.6. The summed E-state index contributed by atoms with van der Waals surface area (Å²) in [7, 11) is 1.70. The lowest BCUT2D eigenvalue weighted by molar-refractivity contribution is 0.0954. The van der Waals surface area contributed by atoms with Gasteiger partial charge in [0.2, 0.25) is 0 Å². The third kappa shape index (κ3) is 6.80. The summed E-state index contributed by atoms with van der Waals surface area (Å²) in [5.41, 5.74) is 1.75. The normalized spacial score (nSPS) is 10.9. The van der Waals surface area contributed by atoms with Gasteiger partial charge in [-0.2, -0.15) is 0 Å². The van der Waals surface area contributed by atoms with Crippen molar-refractivity contribution in [2.45, 2.75) is 6.92 Å². The smallest absolute Gasteiger partial charge is 0.252 e. The van der Waals surface area contributed by atoms with Gasteiger partial charge >= 0.3 is 0 Å². The zero-order valence-electron chi connectivity index (χ0n) is 15.2. The molecule has 26 heavy (non-hydrogen) atoms. The predicted molar refractivity (Wildman–Crippen MR) is 103 cm³/mol. The van der Waals surface area contributed by atoms with Crippen LogP contribution in [0.25, 0.3) is 0 Å². The number of carbonyl (C=O) groups excluding carboxylic acids is 1. The van der Waals surface area contributed by atoms with E-state index in [1.165, 1.54) is 11.8 Å². The largest absolute Gasteiger partial charge is 0.492 e. The molecule has 3 N–H and O–H groups in total. The van der Waals surface area contributed by atoms with Crippen molar-refractivity contribution in [2.24, 2.45) is 4.99 Å². The molecule has 0 aliphatic rings. The number of guanidine groups is 1. The number of hydrogen-bond donors (Lipinski definition) is 3. The van der Waals surface area contributed by atoms with Crippen LogP contribution in [0.5, 0.6) is 5.75 Å². The van der Waals surface area contributed by atoms with Crippen molar-refractivity contribution >= 4 is 11.9 Å². The van der Waals surface area contributed by atoms with E-state index in [0.717, 1.165) is 5.75 Å². The Labute approximate surface area is 153 Å². The molecule has 1 heterocycles. The summed E-state index contributed by atoms with van der Waals surface area (Å²) in [4.78, 5) is 19.9. The van der Waals surface area contributed by atoms with E-state index in [9.17, 15) is 4.79 Å². The minimum atomic E-state index is -0.144. The molecule has 0 atom stereocenters. The van der Waals surface area contributed by atoms with E-state index in [4.69, 9.17) is 4.74 Å². The molecule has 7 heteroatoms. The Morgan fingerprint density at radius 3 is 2.50 bits per heavy atom. The Hall–Kier alpha value is -3.09. The Kier molecular flexibility index (Phi) is 7.92. The van der Waals surface area contributed by atoms with Gasteiger partial charge in [0.05, 0.1) is 12.1 Å². The molecule has 138 valence electrons. The number of nitrogens with one attached hydrogen (secondary N) is 3. The van der Waals surface area contributed by atoms with Crippen molar-refractivity contribution < 1.29 is 9.53 Å². The van der Waals surface area contributed by atoms with Gasteiger partial charge in [-0.1, -0.05) is 17.7 Å². The molecule has 0 spiro atoms. The van der Waals surface area contributed by atoms with Gasteiger partial charge in [-0.25, -0.2) is 0 Å². The maximum Gasteiger partial charge on any atom is 0.252 e.